The van der Waals surface area contributed by atoms with E-state index in [-0.39, 0.29) is 23.1 Å². The van der Waals surface area contributed by atoms with Gasteiger partial charge in [-0.3, -0.25) is 19.3 Å². The molecule has 1 N–H and O–H groups in total. The molecule has 2 aliphatic rings. The molecule has 1 aliphatic carbocycles. The molecule has 8 heteroatoms. The first-order valence-corrected chi connectivity index (χ1v) is 11.3. The van der Waals surface area contributed by atoms with Crippen LogP contribution in [0, 0.1) is 23.2 Å². The average Bonchev–Trinajstić information content (AvgIpc) is 2.79. The topological polar surface area (TPSA) is 96.0 Å². The van der Waals surface area contributed by atoms with Crippen LogP contribution in [0.2, 0.25) is 0 Å². The number of hydrogen-bond acceptors (Lipinski definition) is 5. The smallest absolute Gasteiger partial charge is 0.326 e. The molecule has 1 spiro atoms. The third kappa shape index (κ3) is 6.43. The van der Waals surface area contributed by atoms with E-state index in [1.54, 1.807) is 4.90 Å². The van der Waals surface area contributed by atoms with Gasteiger partial charge in [0.2, 0.25) is 0 Å². The summed E-state index contributed by atoms with van der Waals surface area (Å²) in [5, 5.41) is 2.84. The maximum Gasteiger partial charge on any atom is 0.326 e. The van der Waals surface area contributed by atoms with Crippen LogP contribution in [0.15, 0.2) is 0 Å². The van der Waals surface area contributed by atoms with Crippen LogP contribution in [0.1, 0.15) is 67.7 Å². The van der Waals surface area contributed by atoms with Crippen LogP contribution in [0.4, 0.5) is 4.79 Å². The molecule has 2 atom stereocenters. The normalized spacial score (nSPS) is 25.3. The summed E-state index contributed by atoms with van der Waals surface area (Å²) in [4.78, 5) is 53.1. The molecular weight excluding hydrogens is 398 g/mol. The lowest BCUT2D eigenvalue weighted by atomic mass is 9.64. The summed E-state index contributed by atoms with van der Waals surface area (Å²) >= 11 is 0. The van der Waals surface area contributed by atoms with E-state index in [1.165, 1.54) is 0 Å². The van der Waals surface area contributed by atoms with Crippen molar-refractivity contribution in [3.8, 4) is 0 Å². The van der Waals surface area contributed by atoms with Gasteiger partial charge in [-0.15, -0.1) is 0 Å². The van der Waals surface area contributed by atoms with Crippen molar-refractivity contribution in [2.75, 3.05) is 26.2 Å². The van der Waals surface area contributed by atoms with Gasteiger partial charge >= 0.3 is 12.0 Å². The number of carbonyl (C=O) groups excluding carboxylic acids is 4. The van der Waals surface area contributed by atoms with E-state index < -0.39 is 30.7 Å². The van der Waals surface area contributed by atoms with Crippen LogP contribution < -0.4 is 5.32 Å². The lowest BCUT2D eigenvalue weighted by Crippen LogP contribution is -2.54. The highest BCUT2D eigenvalue weighted by molar-refractivity contribution is 6.08. The van der Waals surface area contributed by atoms with E-state index in [9.17, 15) is 19.2 Å². The predicted molar refractivity (Wildman–Crippen MR) is 117 cm³/mol. The lowest BCUT2D eigenvalue weighted by molar-refractivity contribution is -0.154. The van der Waals surface area contributed by atoms with Crippen LogP contribution in [-0.4, -0.2) is 65.4 Å². The summed E-state index contributed by atoms with van der Waals surface area (Å²) < 4.78 is 5.14. The highest BCUT2D eigenvalue weighted by Crippen LogP contribution is 2.46. The van der Waals surface area contributed by atoms with Crippen LogP contribution in [0.25, 0.3) is 0 Å². The summed E-state index contributed by atoms with van der Waals surface area (Å²) in [6.07, 6.45) is 2.08. The van der Waals surface area contributed by atoms with Gasteiger partial charge in [-0.05, 0) is 42.4 Å². The zero-order valence-corrected chi connectivity index (χ0v) is 20.1. The Bertz CT molecular complexity index is 708. The van der Waals surface area contributed by atoms with Gasteiger partial charge in [-0.1, -0.05) is 48.5 Å². The molecule has 1 aliphatic heterocycles. The molecule has 1 saturated carbocycles. The predicted octanol–water partition coefficient (Wildman–Crippen LogP) is 2.81. The Morgan fingerprint density at radius 1 is 1.13 bits per heavy atom. The largest absolute Gasteiger partial charge is 0.454 e. The minimum absolute atomic E-state index is 0.0835. The van der Waals surface area contributed by atoms with Crippen molar-refractivity contribution in [2.24, 2.45) is 23.2 Å². The van der Waals surface area contributed by atoms with Gasteiger partial charge < -0.3 is 15.0 Å². The molecule has 2 fully saturated rings. The number of esters is 1. The van der Waals surface area contributed by atoms with Crippen molar-refractivity contribution < 1.29 is 23.9 Å². The van der Waals surface area contributed by atoms with Gasteiger partial charge in [0.1, 0.15) is 12.1 Å². The molecule has 0 aromatic heterocycles. The van der Waals surface area contributed by atoms with Crippen LogP contribution in [0.3, 0.4) is 0 Å². The molecule has 4 amide bonds. The Labute approximate surface area is 186 Å². The number of amides is 4. The molecule has 0 unspecified atom stereocenters. The van der Waals surface area contributed by atoms with Crippen LogP contribution in [-0.2, 0) is 19.1 Å². The zero-order valence-electron chi connectivity index (χ0n) is 20.1. The SMILES string of the molecule is CC(C)CN(CC(C)C)C(=O)COC(=O)CN1C(=O)N[C@@]2(C[C@H](C)CC(C)(C)C2)C1=O. The summed E-state index contributed by atoms with van der Waals surface area (Å²) in [5.41, 5.74) is -1.04. The highest BCUT2D eigenvalue weighted by Gasteiger charge is 2.56. The lowest BCUT2D eigenvalue weighted by Gasteiger charge is -2.43. The fraction of sp³-hybridized carbons (Fsp3) is 0.826. The minimum atomic E-state index is -0.959. The third-order valence-corrected chi connectivity index (χ3v) is 5.79. The fourth-order valence-electron chi connectivity index (χ4n) is 5.22. The number of urea groups is 1. The maximum atomic E-state index is 13.1. The van der Waals surface area contributed by atoms with Gasteiger partial charge in [-0.2, -0.15) is 0 Å². The summed E-state index contributed by atoms with van der Waals surface area (Å²) in [6, 6.07) is -0.570. The van der Waals surface area contributed by atoms with Gasteiger partial charge in [-0.25, -0.2) is 4.79 Å². The summed E-state index contributed by atoms with van der Waals surface area (Å²) in [6.45, 7) is 14.6. The van der Waals surface area contributed by atoms with Gasteiger partial charge in [0, 0.05) is 13.1 Å². The fourth-order valence-corrected chi connectivity index (χ4v) is 5.22. The van der Waals surface area contributed by atoms with Crippen LogP contribution >= 0.6 is 0 Å². The second-order valence-electron chi connectivity index (χ2n) is 11.0. The van der Waals surface area contributed by atoms with E-state index in [4.69, 9.17) is 4.74 Å². The molecule has 8 nitrogen and oxygen atoms in total. The van der Waals surface area contributed by atoms with E-state index in [2.05, 4.69) is 26.1 Å². The third-order valence-electron chi connectivity index (χ3n) is 5.79. The second kappa shape index (κ2) is 9.57. The Hall–Kier alpha value is -2.12. The number of rotatable bonds is 8. The number of nitrogens with one attached hydrogen (secondary N) is 1. The Kier molecular flexibility index (Phi) is 7.76. The van der Waals surface area contributed by atoms with Gasteiger partial charge in [0.25, 0.3) is 11.8 Å². The Morgan fingerprint density at radius 3 is 2.23 bits per heavy atom. The van der Waals surface area contributed by atoms with E-state index in [1.807, 2.05) is 27.7 Å². The monoisotopic (exact) mass is 437 g/mol. The minimum Gasteiger partial charge on any atom is -0.454 e. The number of imide groups is 1. The standard InChI is InChI=1S/C23H39N3O5/c1-15(2)10-25(11-16(3)4)18(27)13-31-19(28)12-26-20(29)23(24-21(26)30)9-17(5)8-22(6,7)14-23/h15-17H,8-14H2,1-7H3,(H,24,30)/t17-,23-/m1/s1. The van der Waals surface area contributed by atoms with Crippen molar-refractivity contribution in [2.45, 2.75) is 73.3 Å². The number of carbonyl (C=O) groups is 4. The quantitative estimate of drug-likeness (QED) is 0.465. The van der Waals surface area contributed by atoms with Crippen molar-refractivity contribution in [3.05, 3.63) is 0 Å². The number of nitrogens with zero attached hydrogens (tertiary/aromatic N) is 2. The van der Waals surface area contributed by atoms with E-state index in [0.29, 0.717) is 37.8 Å². The molecule has 1 heterocycles. The van der Waals surface area contributed by atoms with E-state index in [0.717, 1.165) is 11.3 Å². The zero-order chi connectivity index (χ0) is 23.6. The van der Waals surface area contributed by atoms with Crippen molar-refractivity contribution >= 4 is 23.8 Å². The van der Waals surface area contributed by atoms with E-state index >= 15 is 0 Å². The molecule has 176 valence electrons. The first kappa shape index (κ1) is 25.1. The summed E-state index contributed by atoms with van der Waals surface area (Å²) in [5.74, 6) is -0.532. The first-order chi connectivity index (χ1) is 14.2. The van der Waals surface area contributed by atoms with Crippen LogP contribution in [0.5, 0.6) is 0 Å². The number of ether oxygens (including phenoxy) is 1. The summed E-state index contributed by atoms with van der Waals surface area (Å²) in [7, 11) is 0. The molecule has 1 saturated heterocycles. The molecule has 0 aromatic rings. The Balaban J connectivity index is 1.97. The molecule has 2 rings (SSSR count). The Morgan fingerprint density at radius 2 is 1.71 bits per heavy atom. The highest BCUT2D eigenvalue weighted by atomic mass is 16.5. The maximum absolute atomic E-state index is 13.1. The van der Waals surface area contributed by atoms with Crippen molar-refractivity contribution in [1.29, 1.82) is 0 Å². The van der Waals surface area contributed by atoms with Gasteiger partial charge in [0.15, 0.2) is 6.61 Å². The van der Waals surface area contributed by atoms with Gasteiger partial charge in [0.05, 0.1) is 0 Å². The second-order valence-corrected chi connectivity index (χ2v) is 11.0. The van der Waals surface area contributed by atoms with Crippen molar-refractivity contribution in [3.63, 3.8) is 0 Å². The molecule has 31 heavy (non-hydrogen) atoms. The average molecular weight is 438 g/mol. The first-order valence-electron chi connectivity index (χ1n) is 11.3. The molecular formula is C23H39N3O5. The molecule has 0 radical (unpaired) electrons. The molecule has 0 aromatic carbocycles. The van der Waals surface area contributed by atoms with Crippen molar-refractivity contribution in [1.82, 2.24) is 15.1 Å². The number of hydrogen-bond donors (Lipinski definition) is 1. The molecule has 0 bridgehead atoms.